The molecule has 0 radical (unpaired) electrons. The van der Waals surface area contributed by atoms with E-state index in [4.69, 9.17) is 11.6 Å². The molecule has 70 valence electrons. The van der Waals surface area contributed by atoms with Crippen molar-refractivity contribution in [3.8, 4) is 0 Å². The summed E-state index contributed by atoms with van der Waals surface area (Å²) in [5.41, 5.74) is 1.45. The first-order valence-corrected chi connectivity index (χ1v) is 5.39. The summed E-state index contributed by atoms with van der Waals surface area (Å²) in [5, 5.41) is 1.83. The molecule has 0 unspecified atom stereocenters. The van der Waals surface area contributed by atoms with Gasteiger partial charge in [0.2, 0.25) is 0 Å². The molecule has 0 spiro atoms. The van der Waals surface area contributed by atoms with Crippen molar-refractivity contribution in [1.29, 1.82) is 0 Å². The van der Waals surface area contributed by atoms with E-state index in [1.165, 1.54) is 11.3 Å². The van der Waals surface area contributed by atoms with Crippen molar-refractivity contribution in [1.82, 2.24) is 0 Å². The molecule has 0 fully saturated rings. The van der Waals surface area contributed by atoms with Gasteiger partial charge in [0.25, 0.3) is 0 Å². The third-order valence-corrected chi connectivity index (χ3v) is 3.05. The SMILES string of the molecule is C/C=C(/CC)C(=O)c1ccsc1Cl. The number of rotatable bonds is 3. The van der Waals surface area contributed by atoms with E-state index in [1.54, 1.807) is 6.07 Å². The average molecular weight is 215 g/mol. The van der Waals surface area contributed by atoms with Crippen LogP contribution < -0.4 is 0 Å². The average Bonchev–Trinajstić information content (AvgIpc) is 2.53. The van der Waals surface area contributed by atoms with Gasteiger partial charge in [-0.25, -0.2) is 0 Å². The minimum atomic E-state index is 0.0521. The molecular formula is C10H11ClOS. The van der Waals surface area contributed by atoms with Crippen molar-refractivity contribution >= 4 is 28.7 Å². The Morgan fingerprint density at radius 2 is 2.38 bits per heavy atom. The monoisotopic (exact) mass is 214 g/mol. The molecule has 0 saturated carbocycles. The van der Waals surface area contributed by atoms with Gasteiger partial charge in [0, 0.05) is 0 Å². The highest BCUT2D eigenvalue weighted by Crippen LogP contribution is 2.25. The van der Waals surface area contributed by atoms with Crippen LogP contribution >= 0.6 is 22.9 Å². The van der Waals surface area contributed by atoms with Gasteiger partial charge in [0.05, 0.1) is 5.56 Å². The molecule has 0 bridgehead atoms. The van der Waals surface area contributed by atoms with Crippen LogP contribution in [0.5, 0.6) is 0 Å². The molecule has 1 heterocycles. The van der Waals surface area contributed by atoms with Crippen LogP contribution in [0.15, 0.2) is 23.1 Å². The predicted molar refractivity (Wildman–Crippen MR) is 57.7 cm³/mol. The third-order valence-electron chi connectivity index (χ3n) is 1.88. The van der Waals surface area contributed by atoms with Gasteiger partial charge in [-0.3, -0.25) is 4.79 Å². The van der Waals surface area contributed by atoms with E-state index in [-0.39, 0.29) is 5.78 Å². The van der Waals surface area contributed by atoms with E-state index in [0.29, 0.717) is 9.90 Å². The molecule has 0 amide bonds. The zero-order chi connectivity index (χ0) is 9.84. The lowest BCUT2D eigenvalue weighted by Gasteiger charge is -2.00. The minimum Gasteiger partial charge on any atom is -0.289 e. The standard InChI is InChI=1S/C10H11ClOS/c1-3-7(4-2)9(12)8-5-6-13-10(8)11/h3,5-6H,4H2,1-2H3/b7-3-. The quantitative estimate of drug-likeness (QED) is 0.550. The number of allylic oxidation sites excluding steroid dienone is 2. The number of ketones is 1. The summed E-state index contributed by atoms with van der Waals surface area (Å²) < 4.78 is 0.581. The first-order chi connectivity index (χ1) is 6.20. The smallest absolute Gasteiger partial charge is 0.191 e. The van der Waals surface area contributed by atoms with Gasteiger partial charge < -0.3 is 0 Å². The summed E-state index contributed by atoms with van der Waals surface area (Å²) in [6.45, 7) is 3.84. The summed E-state index contributed by atoms with van der Waals surface area (Å²) in [7, 11) is 0. The Labute approximate surface area is 87.0 Å². The van der Waals surface area contributed by atoms with Crippen LogP contribution in [0.4, 0.5) is 0 Å². The lowest BCUT2D eigenvalue weighted by Crippen LogP contribution is -2.01. The highest BCUT2D eigenvalue weighted by molar-refractivity contribution is 7.14. The molecule has 0 saturated heterocycles. The Bertz CT molecular complexity index is 338. The molecule has 1 rings (SSSR count). The number of carbonyl (C=O) groups is 1. The van der Waals surface area contributed by atoms with Crippen LogP contribution in [0.1, 0.15) is 30.6 Å². The molecule has 1 aromatic heterocycles. The van der Waals surface area contributed by atoms with E-state index in [9.17, 15) is 4.79 Å². The van der Waals surface area contributed by atoms with Crippen LogP contribution in [0, 0.1) is 0 Å². The second-order valence-electron chi connectivity index (χ2n) is 2.60. The largest absolute Gasteiger partial charge is 0.289 e. The van der Waals surface area contributed by atoms with Crippen molar-refractivity contribution in [2.24, 2.45) is 0 Å². The summed E-state index contributed by atoms with van der Waals surface area (Å²) in [5.74, 6) is 0.0521. The zero-order valence-corrected chi connectivity index (χ0v) is 9.21. The van der Waals surface area contributed by atoms with Crippen LogP contribution in [-0.2, 0) is 0 Å². The van der Waals surface area contributed by atoms with E-state index in [2.05, 4.69) is 0 Å². The molecule has 0 aliphatic rings. The fourth-order valence-electron chi connectivity index (χ4n) is 1.12. The Kier molecular flexibility index (Phi) is 3.70. The molecule has 1 nitrogen and oxygen atoms in total. The maximum Gasteiger partial charge on any atom is 0.191 e. The van der Waals surface area contributed by atoms with Gasteiger partial charge in [-0.2, -0.15) is 0 Å². The summed E-state index contributed by atoms with van der Waals surface area (Å²) in [6, 6.07) is 1.77. The number of halogens is 1. The summed E-state index contributed by atoms with van der Waals surface area (Å²) >= 11 is 7.25. The lowest BCUT2D eigenvalue weighted by molar-refractivity contribution is 0.103. The van der Waals surface area contributed by atoms with Gasteiger partial charge in [-0.1, -0.05) is 24.6 Å². The topological polar surface area (TPSA) is 17.1 Å². The predicted octanol–water partition coefficient (Wildman–Crippen LogP) is 3.94. The van der Waals surface area contributed by atoms with E-state index < -0.39 is 0 Å². The minimum absolute atomic E-state index is 0.0521. The fraction of sp³-hybridized carbons (Fsp3) is 0.300. The second-order valence-corrected chi connectivity index (χ2v) is 4.12. The lowest BCUT2D eigenvalue weighted by atomic mass is 10.0. The van der Waals surface area contributed by atoms with Gasteiger partial charge in [-0.15, -0.1) is 11.3 Å². The number of carbonyl (C=O) groups excluding carboxylic acids is 1. The third kappa shape index (κ3) is 2.20. The molecule has 1 aromatic rings. The summed E-state index contributed by atoms with van der Waals surface area (Å²) in [4.78, 5) is 11.7. The molecular weight excluding hydrogens is 204 g/mol. The Morgan fingerprint density at radius 1 is 1.69 bits per heavy atom. The van der Waals surface area contributed by atoms with E-state index in [0.717, 1.165) is 12.0 Å². The summed E-state index contributed by atoms with van der Waals surface area (Å²) in [6.07, 6.45) is 2.60. The van der Waals surface area contributed by atoms with Gasteiger partial charge >= 0.3 is 0 Å². The fourth-order valence-corrected chi connectivity index (χ4v) is 2.04. The highest BCUT2D eigenvalue weighted by Gasteiger charge is 2.13. The first-order valence-electron chi connectivity index (χ1n) is 4.13. The van der Waals surface area contributed by atoms with Crippen LogP contribution in [-0.4, -0.2) is 5.78 Å². The van der Waals surface area contributed by atoms with Gasteiger partial charge in [-0.05, 0) is 30.4 Å². The maximum absolute atomic E-state index is 11.7. The molecule has 0 N–H and O–H groups in total. The highest BCUT2D eigenvalue weighted by atomic mass is 35.5. The first kappa shape index (κ1) is 10.5. The Hall–Kier alpha value is -0.600. The molecule has 13 heavy (non-hydrogen) atoms. The molecule has 0 aliphatic carbocycles. The number of hydrogen-bond acceptors (Lipinski definition) is 2. The zero-order valence-electron chi connectivity index (χ0n) is 7.63. The van der Waals surface area contributed by atoms with Crippen molar-refractivity contribution in [3.05, 3.63) is 33.0 Å². The van der Waals surface area contributed by atoms with Crippen LogP contribution in [0.25, 0.3) is 0 Å². The maximum atomic E-state index is 11.7. The van der Waals surface area contributed by atoms with E-state index >= 15 is 0 Å². The van der Waals surface area contributed by atoms with Gasteiger partial charge in [0.1, 0.15) is 4.34 Å². The number of thiophene rings is 1. The number of hydrogen-bond donors (Lipinski definition) is 0. The second kappa shape index (κ2) is 4.58. The molecule has 0 aliphatic heterocycles. The molecule has 0 aromatic carbocycles. The molecule has 0 atom stereocenters. The van der Waals surface area contributed by atoms with Crippen molar-refractivity contribution < 1.29 is 4.79 Å². The van der Waals surface area contributed by atoms with Crippen molar-refractivity contribution in [2.75, 3.05) is 0 Å². The van der Waals surface area contributed by atoms with Crippen molar-refractivity contribution in [2.45, 2.75) is 20.3 Å². The van der Waals surface area contributed by atoms with Crippen molar-refractivity contribution in [3.63, 3.8) is 0 Å². The van der Waals surface area contributed by atoms with Gasteiger partial charge in [0.15, 0.2) is 5.78 Å². The number of Topliss-reactive ketones (excluding diaryl/α,β-unsaturated/α-hetero) is 1. The normalized spacial score (nSPS) is 11.8. The van der Waals surface area contributed by atoms with Crippen LogP contribution in [0.2, 0.25) is 4.34 Å². The Balaban J connectivity index is 2.98. The van der Waals surface area contributed by atoms with E-state index in [1.807, 2.05) is 25.3 Å². The Morgan fingerprint density at radius 3 is 2.77 bits per heavy atom. The van der Waals surface area contributed by atoms with Crippen LogP contribution in [0.3, 0.4) is 0 Å². The molecule has 3 heteroatoms.